The number of nitrogens with one attached hydrogen (secondary N) is 2. The molecule has 0 aliphatic carbocycles. The summed E-state index contributed by atoms with van der Waals surface area (Å²) < 4.78 is 27.5. The van der Waals surface area contributed by atoms with E-state index < -0.39 is 10.0 Å². The first-order valence-electron chi connectivity index (χ1n) is 8.04. The van der Waals surface area contributed by atoms with Gasteiger partial charge in [0.15, 0.2) is 0 Å². The van der Waals surface area contributed by atoms with E-state index in [2.05, 4.69) is 15.2 Å². The van der Waals surface area contributed by atoms with Gasteiger partial charge in [-0.2, -0.15) is 0 Å². The fourth-order valence-electron chi connectivity index (χ4n) is 2.68. The highest BCUT2D eigenvalue weighted by atomic mass is 35.5. The zero-order chi connectivity index (χ0) is 17.9. The van der Waals surface area contributed by atoms with Gasteiger partial charge in [-0.25, -0.2) is 13.4 Å². The Hall–Kier alpha value is -1.47. The second-order valence-corrected chi connectivity index (χ2v) is 8.44. The molecule has 1 fully saturated rings. The largest absolute Gasteiger partial charge is 0.317 e. The van der Waals surface area contributed by atoms with Crippen LogP contribution < -0.4 is 10.1 Å². The van der Waals surface area contributed by atoms with Crippen molar-refractivity contribution < 1.29 is 8.42 Å². The second-order valence-electron chi connectivity index (χ2n) is 5.91. The first-order valence-corrected chi connectivity index (χ1v) is 10.3. The summed E-state index contributed by atoms with van der Waals surface area (Å²) in [6, 6.07) is 11.0. The van der Waals surface area contributed by atoms with Crippen LogP contribution in [0.1, 0.15) is 19.3 Å². The zero-order valence-corrected chi connectivity index (χ0v) is 15.8. The van der Waals surface area contributed by atoms with Gasteiger partial charge in [0.2, 0.25) is 0 Å². The predicted octanol–water partition coefficient (Wildman–Crippen LogP) is 4.61. The highest BCUT2D eigenvalue weighted by Crippen LogP contribution is 2.28. The van der Waals surface area contributed by atoms with Crippen molar-refractivity contribution in [2.75, 3.05) is 23.2 Å². The summed E-state index contributed by atoms with van der Waals surface area (Å²) in [6.07, 6.45) is 3.49. The Morgan fingerprint density at radius 1 is 0.920 bits per heavy atom. The minimum Gasteiger partial charge on any atom is -0.317 e. The summed E-state index contributed by atoms with van der Waals surface area (Å²) in [7, 11) is -3.69. The van der Waals surface area contributed by atoms with Crippen molar-refractivity contribution >= 4 is 44.6 Å². The van der Waals surface area contributed by atoms with Crippen LogP contribution in [0.5, 0.6) is 0 Å². The number of hydrazine groups is 1. The minimum absolute atomic E-state index is 0.150. The van der Waals surface area contributed by atoms with Crippen LogP contribution in [0.4, 0.5) is 11.4 Å². The average molecular weight is 400 g/mol. The molecular formula is C17H19Cl2N3O2S. The molecule has 3 rings (SSSR count). The molecule has 8 heteroatoms. The molecule has 5 nitrogen and oxygen atoms in total. The molecular weight excluding hydrogens is 381 g/mol. The van der Waals surface area contributed by atoms with Gasteiger partial charge in [0.1, 0.15) is 0 Å². The van der Waals surface area contributed by atoms with Gasteiger partial charge in [-0.1, -0.05) is 29.6 Å². The summed E-state index contributed by atoms with van der Waals surface area (Å²) in [5, 5.41) is 3.13. The van der Waals surface area contributed by atoms with E-state index in [9.17, 15) is 8.42 Å². The maximum Gasteiger partial charge on any atom is 0.261 e. The zero-order valence-electron chi connectivity index (χ0n) is 13.5. The number of nitrogens with zero attached hydrogens (tertiary/aromatic N) is 1. The van der Waals surface area contributed by atoms with E-state index in [1.807, 2.05) is 0 Å². The Morgan fingerprint density at radius 3 is 2.28 bits per heavy atom. The molecule has 0 saturated carbocycles. The number of piperidine rings is 1. The van der Waals surface area contributed by atoms with Crippen molar-refractivity contribution in [3.8, 4) is 0 Å². The third-order valence-corrected chi connectivity index (χ3v) is 5.96. The predicted molar refractivity (Wildman–Crippen MR) is 103 cm³/mol. The molecule has 2 N–H and O–H groups in total. The Kier molecular flexibility index (Phi) is 5.74. The van der Waals surface area contributed by atoms with Gasteiger partial charge in [0.05, 0.1) is 21.3 Å². The smallest absolute Gasteiger partial charge is 0.261 e. The monoisotopic (exact) mass is 399 g/mol. The van der Waals surface area contributed by atoms with E-state index in [1.54, 1.807) is 30.3 Å². The number of benzene rings is 2. The molecule has 0 atom stereocenters. The van der Waals surface area contributed by atoms with Gasteiger partial charge in [-0.3, -0.25) is 4.72 Å². The molecule has 1 aliphatic heterocycles. The second kappa shape index (κ2) is 7.83. The van der Waals surface area contributed by atoms with Gasteiger partial charge < -0.3 is 5.43 Å². The normalized spacial score (nSPS) is 15.8. The lowest BCUT2D eigenvalue weighted by Gasteiger charge is -2.28. The molecule has 0 bridgehead atoms. The summed E-state index contributed by atoms with van der Waals surface area (Å²) in [6.45, 7) is 1.88. The maximum absolute atomic E-state index is 12.5. The lowest BCUT2D eigenvalue weighted by Crippen LogP contribution is -2.34. The van der Waals surface area contributed by atoms with E-state index in [0.29, 0.717) is 21.4 Å². The SMILES string of the molecule is O=S(=O)(Nc1ccc(Cl)c(NN2CCCCC2)c1)c1ccc(Cl)cc1. The molecule has 0 amide bonds. The lowest BCUT2D eigenvalue weighted by atomic mass is 10.2. The van der Waals surface area contributed by atoms with Gasteiger partial charge in [0.25, 0.3) is 10.0 Å². The Labute approximate surface area is 158 Å². The van der Waals surface area contributed by atoms with Crippen molar-refractivity contribution in [1.82, 2.24) is 5.01 Å². The Balaban J connectivity index is 1.78. The maximum atomic E-state index is 12.5. The molecule has 1 aliphatic rings. The topological polar surface area (TPSA) is 61.4 Å². The van der Waals surface area contributed by atoms with Crippen molar-refractivity contribution in [3.05, 3.63) is 52.5 Å². The van der Waals surface area contributed by atoms with Crippen molar-refractivity contribution in [2.24, 2.45) is 0 Å². The molecule has 2 aromatic rings. The standard InChI is InChI=1S/C17H19Cl2N3O2S/c18-13-4-7-15(8-5-13)25(23,24)21-14-6-9-16(19)17(12-14)20-22-10-2-1-3-11-22/h4-9,12,20-21H,1-3,10-11H2. The van der Waals surface area contributed by atoms with Crippen LogP contribution in [0.2, 0.25) is 10.0 Å². The van der Waals surface area contributed by atoms with Gasteiger partial charge >= 0.3 is 0 Å². The van der Waals surface area contributed by atoms with Gasteiger partial charge in [0, 0.05) is 18.1 Å². The van der Waals surface area contributed by atoms with Crippen LogP contribution in [0.25, 0.3) is 0 Å². The number of rotatable bonds is 5. The summed E-state index contributed by atoms with van der Waals surface area (Å²) in [5.74, 6) is 0. The highest BCUT2D eigenvalue weighted by molar-refractivity contribution is 7.92. The van der Waals surface area contributed by atoms with Crippen molar-refractivity contribution in [1.29, 1.82) is 0 Å². The molecule has 2 aromatic carbocycles. The molecule has 25 heavy (non-hydrogen) atoms. The van der Waals surface area contributed by atoms with E-state index in [4.69, 9.17) is 23.2 Å². The van der Waals surface area contributed by atoms with Crippen LogP contribution in [0.3, 0.4) is 0 Å². The van der Waals surface area contributed by atoms with Gasteiger partial charge in [-0.05, 0) is 55.3 Å². The Bertz CT molecular complexity index is 835. The fourth-order valence-corrected chi connectivity index (χ4v) is 4.01. The first-order chi connectivity index (χ1) is 11.9. The van der Waals surface area contributed by atoms with Gasteiger partial charge in [-0.15, -0.1) is 0 Å². The van der Waals surface area contributed by atoms with Crippen LogP contribution >= 0.6 is 23.2 Å². The Morgan fingerprint density at radius 2 is 1.60 bits per heavy atom. The van der Waals surface area contributed by atoms with Crippen LogP contribution in [0, 0.1) is 0 Å². The summed E-state index contributed by atoms with van der Waals surface area (Å²) >= 11 is 12.0. The fraction of sp³-hybridized carbons (Fsp3) is 0.294. The van der Waals surface area contributed by atoms with Crippen molar-refractivity contribution in [2.45, 2.75) is 24.2 Å². The third kappa shape index (κ3) is 4.79. The first kappa shape index (κ1) is 18.3. The van der Waals surface area contributed by atoms with E-state index in [0.717, 1.165) is 25.9 Å². The number of hydrogen-bond donors (Lipinski definition) is 2. The lowest BCUT2D eigenvalue weighted by molar-refractivity contribution is 0.273. The molecule has 0 unspecified atom stereocenters. The van der Waals surface area contributed by atoms with E-state index in [1.165, 1.54) is 18.6 Å². The number of hydrogen-bond acceptors (Lipinski definition) is 4. The minimum atomic E-state index is -3.69. The quantitative estimate of drug-likeness (QED) is 0.770. The van der Waals surface area contributed by atoms with Crippen LogP contribution in [-0.4, -0.2) is 26.5 Å². The molecule has 0 spiro atoms. The molecule has 134 valence electrons. The number of anilines is 2. The highest BCUT2D eigenvalue weighted by Gasteiger charge is 2.16. The summed E-state index contributed by atoms with van der Waals surface area (Å²) in [4.78, 5) is 0.150. The van der Waals surface area contributed by atoms with Crippen LogP contribution in [0.15, 0.2) is 47.4 Å². The van der Waals surface area contributed by atoms with Crippen LogP contribution in [-0.2, 0) is 10.0 Å². The number of sulfonamides is 1. The van der Waals surface area contributed by atoms with E-state index >= 15 is 0 Å². The molecule has 1 saturated heterocycles. The number of halogens is 2. The molecule has 0 aromatic heterocycles. The molecule has 0 radical (unpaired) electrons. The van der Waals surface area contributed by atoms with Crippen molar-refractivity contribution in [3.63, 3.8) is 0 Å². The third-order valence-electron chi connectivity index (χ3n) is 3.98. The molecule has 1 heterocycles. The summed E-state index contributed by atoms with van der Waals surface area (Å²) in [5.41, 5.74) is 4.40. The van der Waals surface area contributed by atoms with E-state index in [-0.39, 0.29) is 4.90 Å². The average Bonchev–Trinajstić information content (AvgIpc) is 2.59.